The second-order valence-electron chi connectivity index (χ2n) is 3.68. The van der Waals surface area contributed by atoms with E-state index in [9.17, 15) is 8.78 Å². The molecule has 0 bridgehead atoms. The van der Waals surface area contributed by atoms with Gasteiger partial charge in [0.15, 0.2) is 0 Å². The van der Waals surface area contributed by atoms with Crippen LogP contribution in [0.1, 0.15) is 31.7 Å². The molecule has 3 heteroatoms. The SMILES string of the molecule is CCCCC(Br)Cc1ccc(F)cc1F. The largest absolute Gasteiger partial charge is 0.207 e. The highest BCUT2D eigenvalue weighted by atomic mass is 79.9. The Hall–Kier alpha value is -0.440. The molecule has 0 aliphatic carbocycles. The summed E-state index contributed by atoms with van der Waals surface area (Å²) < 4.78 is 25.9. The average Bonchev–Trinajstić information content (AvgIpc) is 2.19. The molecule has 0 nitrogen and oxygen atoms in total. The number of alkyl halides is 1. The zero-order valence-corrected chi connectivity index (χ0v) is 10.4. The Balaban J connectivity index is 2.56. The molecule has 15 heavy (non-hydrogen) atoms. The van der Waals surface area contributed by atoms with E-state index in [0.29, 0.717) is 12.0 Å². The summed E-state index contributed by atoms with van der Waals surface area (Å²) in [5.74, 6) is -0.966. The fourth-order valence-corrected chi connectivity index (χ4v) is 2.13. The lowest BCUT2D eigenvalue weighted by molar-refractivity contribution is 0.567. The Labute approximate surface area is 97.8 Å². The van der Waals surface area contributed by atoms with Gasteiger partial charge in [-0.25, -0.2) is 8.78 Å². The standard InChI is InChI=1S/C12H15BrF2/c1-2-3-4-10(13)7-9-5-6-11(14)8-12(9)15/h5-6,8,10H,2-4,7H2,1H3. The highest BCUT2D eigenvalue weighted by Gasteiger charge is 2.09. The summed E-state index contributed by atoms with van der Waals surface area (Å²) in [5.41, 5.74) is 0.578. The fraction of sp³-hybridized carbons (Fsp3) is 0.500. The zero-order chi connectivity index (χ0) is 11.3. The van der Waals surface area contributed by atoms with Crippen molar-refractivity contribution in [2.45, 2.75) is 37.4 Å². The number of hydrogen-bond donors (Lipinski definition) is 0. The van der Waals surface area contributed by atoms with Crippen LogP contribution in [0, 0.1) is 11.6 Å². The molecule has 0 radical (unpaired) electrons. The maximum atomic E-state index is 13.3. The summed E-state index contributed by atoms with van der Waals surface area (Å²) in [6.07, 6.45) is 3.90. The number of halogens is 3. The van der Waals surface area contributed by atoms with Crippen LogP contribution in [0.5, 0.6) is 0 Å². The van der Waals surface area contributed by atoms with Gasteiger partial charge >= 0.3 is 0 Å². The molecule has 0 fully saturated rings. The first-order valence-corrected chi connectivity index (χ1v) is 6.13. The van der Waals surface area contributed by atoms with E-state index in [4.69, 9.17) is 0 Å². The summed E-state index contributed by atoms with van der Waals surface area (Å²) in [6.45, 7) is 2.12. The van der Waals surface area contributed by atoms with E-state index in [0.717, 1.165) is 25.3 Å². The molecule has 84 valence electrons. The van der Waals surface area contributed by atoms with Crippen molar-refractivity contribution in [3.05, 3.63) is 35.4 Å². The van der Waals surface area contributed by atoms with Crippen LogP contribution in [0.3, 0.4) is 0 Å². The monoisotopic (exact) mass is 276 g/mol. The molecule has 1 atom stereocenters. The van der Waals surface area contributed by atoms with E-state index in [1.807, 2.05) is 0 Å². The minimum absolute atomic E-state index is 0.275. The number of unbranched alkanes of at least 4 members (excludes halogenated alkanes) is 1. The summed E-state index contributed by atoms with van der Waals surface area (Å²) in [5, 5.41) is 0. The normalized spacial score (nSPS) is 12.8. The van der Waals surface area contributed by atoms with Crippen molar-refractivity contribution in [1.82, 2.24) is 0 Å². The Morgan fingerprint density at radius 3 is 2.67 bits per heavy atom. The maximum absolute atomic E-state index is 13.3. The quantitative estimate of drug-likeness (QED) is 0.697. The molecular weight excluding hydrogens is 262 g/mol. The topological polar surface area (TPSA) is 0 Å². The highest BCUT2D eigenvalue weighted by molar-refractivity contribution is 9.09. The van der Waals surface area contributed by atoms with Crippen LogP contribution in [-0.2, 0) is 6.42 Å². The minimum atomic E-state index is -0.518. The summed E-state index contributed by atoms with van der Waals surface area (Å²) in [6, 6.07) is 3.76. The van der Waals surface area contributed by atoms with Crippen LogP contribution in [0.4, 0.5) is 8.78 Å². The smallest absolute Gasteiger partial charge is 0.129 e. The van der Waals surface area contributed by atoms with Crippen molar-refractivity contribution in [3.63, 3.8) is 0 Å². The van der Waals surface area contributed by atoms with Crippen molar-refractivity contribution in [1.29, 1.82) is 0 Å². The van der Waals surface area contributed by atoms with Crippen LogP contribution >= 0.6 is 15.9 Å². The lowest BCUT2D eigenvalue weighted by Gasteiger charge is -2.09. The molecule has 1 rings (SSSR count). The van der Waals surface area contributed by atoms with E-state index in [1.54, 1.807) is 0 Å². The first-order chi connectivity index (χ1) is 7.13. The third kappa shape index (κ3) is 4.29. The Morgan fingerprint density at radius 1 is 1.33 bits per heavy atom. The van der Waals surface area contributed by atoms with E-state index < -0.39 is 11.6 Å². The van der Waals surface area contributed by atoms with Crippen LogP contribution < -0.4 is 0 Å². The molecule has 0 aliphatic heterocycles. The van der Waals surface area contributed by atoms with Gasteiger partial charge in [-0.1, -0.05) is 41.8 Å². The third-order valence-electron chi connectivity index (χ3n) is 2.33. The van der Waals surface area contributed by atoms with Gasteiger partial charge in [0.1, 0.15) is 11.6 Å². The predicted molar refractivity (Wildman–Crippen MR) is 62.3 cm³/mol. The first kappa shape index (κ1) is 12.6. The second-order valence-corrected chi connectivity index (χ2v) is 4.97. The number of benzene rings is 1. The molecule has 0 saturated carbocycles. The van der Waals surface area contributed by atoms with Crippen LogP contribution in [0.15, 0.2) is 18.2 Å². The van der Waals surface area contributed by atoms with Gasteiger partial charge in [-0.2, -0.15) is 0 Å². The van der Waals surface area contributed by atoms with E-state index >= 15 is 0 Å². The Bertz CT molecular complexity index is 312. The van der Waals surface area contributed by atoms with Gasteiger partial charge in [-0.15, -0.1) is 0 Å². The van der Waals surface area contributed by atoms with E-state index in [1.165, 1.54) is 12.1 Å². The van der Waals surface area contributed by atoms with Crippen molar-refractivity contribution >= 4 is 15.9 Å². The minimum Gasteiger partial charge on any atom is -0.207 e. The van der Waals surface area contributed by atoms with Gasteiger partial charge in [-0.05, 0) is 24.5 Å². The first-order valence-electron chi connectivity index (χ1n) is 5.21. The molecule has 0 aromatic heterocycles. The van der Waals surface area contributed by atoms with Crippen LogP contribution in [0.2, 0.25) is 0 Å². The van der Waals surface area contributed by atoms with Gasteiger partial charge in [0.25, 0.3) is 0 Å². The zero-order valence-electron chi connectivity index (χ0n) is 8.77. The van der Waals surface area contributed by atoms with Gasteiger partial charge in [0, 0.05) is 10.9 Å². The second kappa shape index (κ2) is 6.21. The Morgan fingerprint density at radius 2 is 2.07 bits per heavy atom. The fourth-order valence-electron chi connectivity index (χ4n) is 1.45. The van der Waals surface area contributed by atoms with Crippen LogP contribution in [-0.4, -0.2) is 4.83 Å². The van der Waals surface area contributed by atoms with Crippen molar-refractivity contribution in [2.24, 2.45) is 0 Å². The molecule has 0 heterocycles. The molecule has 0 saturated heterocycles. The molecule has 1 aromatic carbocycles. The summed E-state index contributed by atoms with van der Waals surface area (Å²) in [4.78, 5) is 0.275. The molecule has 0 N–H and O–H groups in total. The van der Waals surface area contributed by atoms with Gasteiger partial charge in [-0.3, -0.25) is 0 Å². The molecular formula is C12H15BrF2. The van der Waals surface area contributed by atoms with Crippen molar-refractivity contribution in [3.8, 4) is 0 Å². The highest BCUT2D eigenvalue weighted by Crippen LogP contribution is 2.18. The molecule has 1 unspecified atom stereocenters. The summed E-state index contributed by atoms with van der Waals surface area (Å²) in [7, 11) is 0. The van der Waals surface area contributed by atoms with Crippen LogP contribution in [0.25, 0.3) is 0 Å². The number of hydrogen-bond acceptors (Lipinski definition) is 0. The van der Waals surface area contributed by atoms with Crippen molar-refractivity contribution < 1.29 is 8.78 Å². The van der Waals surface area contributed by atoms with Crippen molar-refractivity contribution in [2.75, 3.05) is 0 Å². The molecule has 1 aromatic rings. The number of rotatable bonds is 5. The lowest BCUT2D eigenvalue weighted by atomic mass is 10.1. The predicted octanol–water partition coefficient (Wildman–Crippen LogP) is 4.46. The van der Waals surface area contributed by atoms with Gasteiger partial charge < -0.3 is 0 Å². The molecule has 0 amide bonds. The van der Waals surface area contributed by atoms with Gasteiger partial charge in [0.05, 0.1) is 0 Å². The third-order valence-corrected chi connectivity index (χ3v) is 3.11. The average molecular weight is 277 g/mol. The lowest BCUT2D eigenvalue weighted by Crippen LogP contribution is -2.04. The molecule has 0 spiro atoms. The van der Waals surface area contributed by atoms with E-state index in [2.05, 4.69) is 22.9 Å². The van der Waals surface area contributed by atoms with Gasteiger partial charge in [0.2, 0.25) is 0 Å². The summed E-state index contributed by atoms with van der Waals surface area (Å²) >= 11 is 3.51. The Kier molecular flexibility index (Phi) is 5.23. The molecule has 0 aliphatic rings. The maximum Gasteiger partial charge on any atom is 0.129 e. The van der Waals surface area contributed by atoms with E-state index in [-0.39, 0.29) is 4.83 Å².